The fraction of sp³-hybridized carbons (Fsp3) is 0.533. The van der Waals surface area contributed by atoms with Gasteiger partial charge in [-0.15, -0.1) is 0 Å². The van der Waals surface area contributed by atoms with Gasteiger partial charge < -0.3 is 11.1 Å². The first-order valence-corrected chi connectivity index (χ1v) is 7.31. The van der Waals surface area contributed by atoms with E-state index in [2.05, 4.69) is 5.32 Å². The average molecular weight is 281 g/mol. The van der Waals surface area contributed by atoms with E-state index >= 15 is 0 Å². The Morgan fingerprint density at radius 2 is 2.05 bits per heavy atom. The van der Waals surface area contributed by atoms with Gasteiger partial charge in [0, 0.05) is 12.1 Å². The molecule has 0 radical (unpaired) electrons. The number of benzene rings is 1. The average Bonchev–Trinajstić information content (AvgIpc) is 2.39. The zero-order valence-corrected chi connectivity index (χ0v) is 12.0. The molecule has 104 valence electrons. The highest BCUT2D eigenvalue weighted by atomic mass is 35.5. The normalized spacial score (nSPS) is 18.1. The van der Waals surface area contributed by atoms with Crippen molar-refractivity contribution in [2.24, 2.45) is 5.73 Å². The first kappa shape index (κ1) is 14.4. The summed E-state index contributed by atoms with van der Waals surface area (Å²) in [5.74, 6) is -0.0758. The van der Waals surface area contributed by atoms with Gasteiger partial charge in [0.15, 0.2) is 0 Å². The highest BCUT2D eigenvalue weighted by Gasteiger charge is 2.18. The molecule has 1 atom stereocenters. The maximum Gasteiger partial charge on any atom is 0.253 e. The fourth-order valence-electron chi connectivity index (χ4n) is 2.51. The van der Waals surface area contributed by atoms with Gasteiger partial charge in [0.05, 0.1) is 10.6 Å². The van der Waals surface area contributed by atoms with Crippen LogP contribution >= 0.6 is 11.6 Å². The van der Waals surface area contributed by atoms with E-state index in [0.717, 1.165) is 18.4 Å². The van der Waals surface area contributed by atoms with E-state index < -0.39 is 0 Å². The molecule has 0 heterocycles. The van der Waals surface area contributed by atoms with Crippen molar-refractivity contribution < 1.29 is 4.79 Å². The predicted octanol–water partition coefficient (Wildman–Crippen LogP) is 3.42. The first-order valence-electron chi connectivity index (χ1n) is 6.94. The summed E-state index contributed by atoms with van der Waals surface area (Å²) in [7, 11) is 0. The topological polar surface area (TPSA) is 55.1 Å². The summed E-state index contributed by atoms with van der Waals surface area (Å²) in [6.07, 6.45) is 5.81. The van der Waals surface area contributed by atoms with Gasteiger partial charge in [0.2, 0.25) is 0 Å². The van der Waals surface area contributed by atoms with Crippen LogP contribution in [0.1, 0.15) is 61.0 Å². The maximum absolute atomic E-state index is 12.2. The van der Waals surface area contributed by atoms with Crippen LogP contribution in [-0.2, 0) is 0 Å². The van der Waals surface area contributed by atoms with Crippen molar-refractivity contribution in [2.45, 2.75) is 51.1 Å². The van der Waals surface area contributed by atoms with E-state index in [0.29, 0.717) is 16.6 Å². The van der Waals surface area contributed by atoms with E-state index in [1.807, 2.05) is 13.0 Å². The predicted molar refractivity (Wildman–Crippen MR) is 78.4 cm³/mol. The molecule has 0 spiro atoms. The molecule has 0 unspecified atom stereocenters. The molecule has 1 aliphatic carbocycles. The van der Waals surface area contributed by atoms with E-state index in [9.17, 15) is 4.79 Å². The van der Waals surface area contributed by atoms with Gasteiger partial charge in [-0.05, 0) is 37.5 Å². The zero-order chi connectivity index (χ0) is 13.8. The summed E-state index contributed by atoms with van der Waals surface area (Å²) in [6.45, 7) is 1.90. The molecule has 1 aromatic rings. The van der Waals surface area contributed by atoms with E-state index in [4.69, 9.17) is 17.3 Å². The Hall–Kier alpha value is -1.06. The molecule has 2 rings (SSSR count). The molecule has 1 amide bonds. The number of nitrogens with one attached hydrogen (secondary N) is 1. The molecule has 1 aromatic carbocycles. The molecular weight excluding hydrogens is 260 g/mol. The van der Waals surface area contributed by atoms with Crippen LogP contribution in [0.4, 0.5) is 0 Å². The summed E-state index contributed by atoms with van der Waals surface area (Å²) in [6, 6.07) is 5.63. The molecule has 0 saturated heterocycles. The third kappa shape index (κ3) is 3.71. The molecule has 0 aromatic heterocycles. The smallest absolute Gasteiger partial charge is 0.253 e. The minimum atomic E-state index is -0.0760. The minimum absolute atomic E-state index is 0.0758. The molecule has 1 saturated carbocycles. The molecule has 1 aliphatic rings. The maximum atomic E-state index is 12.2. The Balaban J connectivity index is 2.06. The Bertz CT molecular complexity index is 453. The van der Waals surface area contributed by atoms with Crippen LogP contribution in [0.2, 0.25) is 5.02 Å². The van der Waals surface area contributed by atoms with Gasteiger partial charge in [0.25, 0.3) is 5.91 Å². The standard InChI is InChI=1S/C15H21ClN2O/c1-10(17)11-7-8-13(14(16)9-11)15(19)18-12-5-3-2-4-6-12/h7-10,12H,2-6,17H2,1H3,(H,18,19)/t10-/m0/s1. The van der Waals surface area contributed by atoms with Crippen molar-refractivity contribution in [3.8, 4) is 0 Å². The molecule has 0 aliphatic heterocycles. The number of rotatable bonds is 3. The number of amides is 1. The third-order valence-electron chi connectivity index (χ3n) is 3.70. The molecule has 0 bridgehead atoms. The molecule has 3 N–H and O–H groups in total. The van der Waals surface area contributed by atoms with Gasteiger partial charge >= 0.3 is 0 Å². The highest BCUT2D eigenvalue weighted by molar-refractivity contribution is 6.33. The van der Waals surface area contributed by atoms with Crippen molar-refractivity contribution >= 4 is 17.5 Å². The summed E-state index contributed by atoms with van der Waals surface area (Å²) in [4.78, 5) is 12.2. The summed E-state index contributed by atoms with van der Waals surface area (Å²) < 4.78 is 0. The van der Waals surface area contributed by atoms with Crippen molar-refractivity contribution in [3.05, 3.63) is 34.3 Å². The van der Waals surface area contributed by atoms with Gasteiger partial charge in [-0.2, -0.15) is 0 Å². The number of hydrogen-bond donors (Lipinski definition) is 2. The second kappa shape index (κ2) is 6.40. The van der Waals surface area contributed by atoms with Crippen LogP contribution in [0, 0.1) is 0 Å². The summed E-state index contributed by atoms with van der Waals surface area (Å²) in [5, 5.41) is 3.55. The molecule has 19 heavy (non-hydrogen) atoms. The Labute approximate surface area is 119 Å². The number of hydrogen-bond acceptors (Lipinski definition) is 2. The number of carbonyl (C=O) groups excluding carboxylic acids is 1. The molecule has 1 fully saturated rings. The van der Waals surface area contributed by atoms with Crippen molar-refractivity contribution in [1.29, 1.82) is 0 Å². The van der Waals surface area contributed by atoms with Crippen LogP contribution < -0.4 is 11.1 Å². The van der Waals surface area contributed by atoms with Crippen LogP contribution in [0.25, 0.3) is 0 Å². The van der Waals surface area contributed by atoms with Crippen molar-refractivity contribution in [2.75, 3.05) is 0 Å². The lowest BCUT2D eigenvalue weighted by atomic mass is 9.95. The number of halogens is 1. The molecule has 3 nitrogen and oxygen atoms in total. The Morgan fingerprint density at radius 1 is 1.37 bits per heavy atom. The van der Waals surface area contributed by atoms with Crippen LogP contribution in [0.3, 0.4) is 0 Å². The quantitative estimate of drug-likeness (QED) is 0.891. The van der Waals surface area contributed by atoms with E-state index in [1.165, 1.54) is 19.3 Å². The lowest BCUT2D eigenvalue weighted by Crippen LogP contribution is -2.36. The summed E-state index contributed by atoms with van der Waals surface area (Å²) >= 11 is 6.17. The number of carbonyl (C=O) groups is 1. The third-order valence-corrected chi connectivity index (χ3v) is 4.02. The van der Waals surface area contributed by atoms with Crippen LogP contribution in [0.5, 0.6) is 0 Å². The SMILES string of the molecule is C[C@H](N)c1ccc(C(=O)NC2CCCCC2)c(Cl)c1. The zero-order valence-electron chi connectivity index (χ0n) is 11.3. The molecule has 4 heteroatoms. The van der Waals surface area contributed by atoms with E-state index in [-0.39, 0.29) is 11.9 Å². The number of nitrogens with two attached hydrogens (primary N) is 1. The van der Waals surface area contributed by atoms with Crippen LogP contribution in [0.15, 0.2) is 18.2 Å². The van der Waals surface area contributed by atoms with Gasteiger partial charge in [0.1, 0.15) is 0 Å². The molecular formula is C15H21ClN2O. The fourth-order valence-corrected chi connectivity index (χ4v) is 2.78. The van der Waals surface area contributed by atoms with E-state index in [1.54, 1.807) is 12.1 Å². The largest absolute Gasteiger partial charge is 0.349 e. The Kier molecular flexibility index (Phi) is 4.83. The van der Waals surface area contributed by atoms with Gasteiger partial charge in [-0.25, -0.2) is 0 Å². The highest BCUT2D eigenvalue weighted by Crippen LogP contribution is 2.22. The minimum Gasteiger partial charge on any atom is -0.349 e. The lowest BCUT2D eigenvalue weighted by Gasteiger charge is -2.23. The second-order valence-corrected chi connectivity index (χ2v) is 5.74. The first-order chi connectivity index (χ1) is 9.08. The van der Waals surface area contributed by atoms with Crippen LogP contribution in [-0.4, -0.2) is 11.9 Å². The van der Waals surface area contributed by atoms with Gasteiger partial charge in [-0.1, -0.05) is 36.9 Å². The van der Waals surface area contributed by atoms with Crippen molar-refractivity contribution in [1.82, 2.24) is 5.32 Å². The van der Waals surface area contributed by atoms with Crippen molar-refractivity contribution in [3.63, 3.8) is 0 Å². The van der Waals surface area contributed by atoms with Gasteiger partial charge in [-0.3, -0.25) is 4.79 Å². The lowest BCUT2D eigenvalue weighted by molar-refractivity contribution is 0.0928. The monoisotopic (exact) mass is 280 g/mol. The Morgan fingerprint density at radius 3 is 2.63 bits per heavy atom. The summed E-state index contributed by atoms with van der Waals surface area (Å²) in [5.41, 5.74) is 7.28. The second-order valence-electron chi connectivity index (χ2n) is 5.34.